The summed E-state index contributed by atoms with van der Waals surface area (Å²) in [6, 6.07) is 17.8. The van der Waals surface area contributed by atoms with Crippen LogP contribution in [0.5, 0.6) is 0 Å². The van der Waals surface area contributed by atoms with Gasteiger partial charge in [0.1, 0.15) is 4.32 Å². The Morgan fingerprint density at radius 3 is 2.38 bits per heavy atom. The number of nitrogens with one attached hydrogen (secondary N) is 1. The quantitative estimate of drug-likeness (QED) is 0.278. The fourth-order valence-electron chi connectivity index (χ4n) is 3.40. The summed E-state index contributed by atoms with van der Waals surface area (Å²) in [5.41, 5.74) is 3.18. The number of nitrogens with zero attached hydrogens (tertiary/aromatic N) is 1. The fraction of sp³-hybridized carbons (Fsp3) is 0.346. The first-order chi connectivity index (χ1) is 15.2. The van der Waals surface area contributed by atoms with Crippen LogP contribution in [0, 0.1) is 0 Å². The van der Waals surface area contributed by atoms with E-state index < -0.39 is 0 Å². The maximum Gasteiger partial charge on any atom is 0.266 e. The van der Waals surface area contributed by atoms with Gasteiger partial charge in [0.25, 0.3) is 5.91 Å². The highest BCUT2D eigenvalue weighted by atomic mass is 32.2. The Morgan fingerprint density at radius 2 is 1.72 bits per heavy atom. The van der Waals surface area contributed by atoms with Crippen molar-refractivity contribution in [2.45, 2.75) is 51.9 Å². The first-order valence-electron chi connectivity index (χ1n) is 10.9. The van der Waals surface area contributed by atoms with Crippen LogP contribution in [-0.4, -0.2) is 27.6 Å². The third kappa shape index (κ3) is 6.78. The molecule has 2 aromatic carbocycles. The summed E-state index contributed by atoms with van der Waals surface area (Å²) in [5.74, 6) is -0.0102. The number of anilines is 1. The van der Waals surface area contributed by atoms with E-state index in [9.17, 15) is 9.59 Å². The molecule has 3 rings (SSSR count). The molecule has 168 valence electrons. The molecule has 32 heavy (non-hydrogen) atoms. The molecule has 1 heterocycles. The number of thioether (sulfide) groups is 1. The number of benzene rings is 2. The summed E-state index contributed by atoms with van der Waals surface area (Å²) in [6.07, 6.45) is 4.85. The van der Waals surface area contributed by atoms with Gasteiger partial charge < -0.3 is 5.32 Å². The minimum Gasteiger partial charge on any atom is -0.326 e. The Morgan fingerprint density at radius 1 is 1.03 bits per heavy atom. The number of carbonyl (C=O) groups excluding carboxylic acids is 2. The number of hydrogen-bond donors (Lipinski definition) is 1. The van der Waals surface area contributed by atoms with Crippen molar-refractivity contribution in [1.29, 1.82) is 0 Å². The van der Waals surface area contributed by atoms with E-state index in [1.807, 2.05) is 48.5 Å². The number of unbranched alkanes of at least 4 members (excludes halogenated alkanes) is 2. The Hall–Kier alpha value is -2.44. The van der Waals surface area contributed by atoms with Crippen molar-refractivity contribution in [1.82, 2.24) is 4.90 Å². The van der Waals surface area contributed by atoms with Gasteiger partial charge >= 0.3 is 0 Å². The maximum absolute atomic E-state index is 12.8. The molecule has 0 unspecified atom stereocenters. The molecule has 1 fully saturated rings. The molecule has 2 aromatic rings. The van der Waals surface area contributed by atoms with E-state index in [4.69, 9.17) is 12.2 Å². The molecule has 6 heteroatoms. The van der Waals surface area contributed by atoms with Gasteiger partial charge in [-0.1, -0.05) is 93.6 Å². The second-order valence-electron chi connectivity index (χ2n) is 8.93. The van der Waals surface area contributed by atoms with Gasteiger partial charge in [-0.3, -0.25) is 14.5 Å². The first kappa shape index (κ1) is 24.2. The highest BCUT2D eigenvalue weighted by Crippen LogP contribution is 2.33. The van der Waals surface area contributed by atoms with E-state index >= 15 is 0 Å². The van der Waals surface area contributed by atoms with Crippen molar-refractivity contribution < 1.29 is 9.59 Å². The zero-order valence-corrected chi connectivity index (χ0v) is 20.5. The van der Waals surface area contributed by atoms with Crippen LogP contribution in [-0.2, 0) is 15.0 Å². The average molecular weight is 467 g/mol. The van der Waals surface area contributed by atoms with Crippen LogP contribution in [0.1, 0.15) is 57.6 Å². The molecule has 4 nitrogen and oxygen atoms in total. The fourth-order valence-corrected chi connectivity index (χ4v) is 4.71. The van der Waals surface area contributed by atoms with E-state index in [1.165, 1.54) is 17.3 Å². The molecular formula is C26H30N2O2S2. The number of rotatable bonds is 8. The van der Waals surface area contributed by atoms with Crippen LogP contribution in [0.15, 0.2) is 59.5 Å². The molecule has 2 amide bonds. The first-order valence-corrected chi connectivity index (χ1v) is 12.2. The van der Waals surface area contributed by atoms with Gasteiger partial charge in [-0.15, -0.1) is 0 Å². The van der Waals surface area contributed by atoms with Crippen LogP contribution in [0.4, 0.5) is 5.69 Å². The predicted molar refractivity (Wildman–Crippen MR) is 139 cm³/mol. The molecular weight excluding hydrogens is 436 g/mol. The molecule has 1 N–H and O–H groups in total. The van der Waals surface area contributed by atoms with Crippen molar-refractivity contribution in [3.8, 4) is 0 Å². The third-order valence-electron chi connectivity index (χ3n) is 5.29. The van der Waals surface area contributed by atoms with E-state index in [0.717, 1.165) is 30.5 Å². The van der Waals surface area contributed by atoms with Crippen LogP contribution in [0.2, 0.25) is 0 Å². The van der Waals surface area contributed by atoms with Crippen LogP contribution >= 0.6 is 24.0 Å². The Balaban J connectivity index is 1.44. The summed E-state index contributed by atoms with van der Waals surface area (Å²) >= 11 is 6.80. The smallest absolute Gasteiger partial charge is 0.266 e. The monoisotopic (exact) mass is 466 g/mol. The summed E-state index contributed by atoms with van der Waals surface area (Å²) in [7, 11) is 0. The van der Waals surface area contributed by atoms with E-state index in [2.05, 4.69) is 38.2 Å². The highest BCUT2D eigenvalue weighted by Gasteiger charge is 2.31. The van der Waals surface area contributed by atoms with Gasteiger partial charge in [0.2, 0.25) is 5.91 Å². The Bertz CT molecular complexity index is 993. The van der Waals surface area contributed by atoms with Crippen molar-refractivity contribution in [2.75, 3.05) is 11.9 Å². The van der Waals surface area contributed by atoms with Gasteiger partial charge in [-0.25, -0.2) is 0 Å². The lowest BCUT2D eigenvalue weighted by Crippen LogP contribution is -2.29. The van der Waals surface area contributed by atoms with E-state index in [1.54, 1.807) is 4.90 Å². The van der Waals surface area contributed by atoms with Gasteiger partial charge in [0, 0.05) is 18.7 Å². The zero-order chi connectivity index (χ0) is 23.1. The summed E-state index contributed by atoms with van der Waals surface area (Å²) in [4.78, 5) is 27.2. The Kier molecular flexibility index (Phi) is 8.26. The third-order valence-corrected chi connectivity index (χ3v) is 6.67. The van der Waals surface area contributed by atoms with Crippen molar-refractivity contribution in [3.63, 3.8) is 0 Å². The van der Waals surface area contributed by atoms with Gasteiger partial charge in [-0.2, -0.15) is 0 Å². The van der Waals surface area contributed by atoms with Crippen LogP contribution < -0.4 is 5.32 Å². The molecule has 1 aliphatic heterocycles. The molecule has 0 saturated carbocycles. The normalized spacial score (nSPS) is 15.5. The summed E-state index contributed by atoms with van der Waals surface area (Å²) < 4.78 is 0.606. The summed E-state index contributed by atoms with van der Waals surface area (Å²) in [6.45, 7) is 7.14. The van der Waals surface area contributed by atoms with Crippen molar-refractivity contribution >= 4 is 51.9 Å². The van der Waals surface area contributed by atoms with E-state index in [0.29, 0.717) is 22.2 Å². The lowest BCUT2D eigenvalue weighted by molar-refractivity contribution is -0.122. The molecule has 0 aromatic heterocycles. The molecule has 0 atom stereocenters. The number of carbonyl (C=O) groups is 2. The topological polar surface area (TPSA) is 49.4 Å². The second-order valence-corrected chi connectivity index (χ2v) is 10.6. The van der Waals surface area contributed by atoms with E-state index in [-0.39, 0.29) is 17.2 Å². The highest BCUT2D eigenvalue weighted by molar-refractivity contribution is 8.26. The average Bonchev–Trinajstić information content (AvgIpc) is 3.01. The zero-order valence-electron chi connectivity index (χ0n) is 18.9. The van der Waals surface area contributed by atoms with Crippen molar-refractivity contribution in [3.05, 3.63) is 70.6 Å². The lowest BCUT2D eigenvalue weighted by Gasteiger charge is -2.18. The molecule has 1 saturated heterocycles. The van der Waals surface area contributed by atoms with Crippen LogP contribution in [0.25, 0.3) is 6.08 Å². The van der Waals surface area contributed by atoms with Gasteiger partial charge in [0.05, 0.1) is 4.91 Å². The minimum atomic E-state index is -0.0262. The molecule has 0 spiro atoms. The van der Waals surface area contributed by atoms with Crippen molar-refractivity contribution in [2.24, 2.45) is 0 Å². The predicted octanol–water partition coefficient (Wildman–Crippen LogP) is 6.38. The molecule has 0 radical (unpaired) electrons. The minimum absolute atomic E-state index is 0.0159. The lowest BCUT2D eigenvalue weighted by atomic mass is 9.87. The standard InChI is InChI=1S/C26H30N2O2S2/c1-26(2,3)20-15-13-19(14-16-20)18-22-24(30)28(25(31)32-22)17-9-5-8-12-23(29)27-21-10-6-4-7-11-21/h4,6-7,10-11,13-16,18H,5,8-9,12,17H2,1-3H3,(H,27,29)/b22-18-. The van der Waals surface area contributed by atoms with Gasteiger partial charge in [0.15, 0.2) is 0 Å². The number of hydrogen-bond acceptors (Lipinski definition) is 4. The number of thiocarbonyl (C=S) groups is 1. The summed E-state index contributed by atoms with van der Waals surface area (Å²) in [5, 5.41) is 2.89. The number of para-hydroxylation sites is 1. The maximum atomic E-state index is 12.8. The largest absolute Gasteiger partial charge is 0.326 e. The van der Waals surface area contributed by atoms with Gasteiger partial charge in [-0.05, 0) is 47.6 Å². The molecule has 1 aliphatic rings. The molecule has 0 aliphatic carbocycles. The molecule has 0 bridgehead atoms. The van der Waals surface area contributed by atoms with Crippen LogP contribution in [0.3, 0.4) is 0 Å². The Labute approximate surface area is 200 Å². The second kappa shape index (κ2) is 10.9. The number of amides is 2. The SMILES string of the molecule is CC(C)(C)c1ccc(/C=C2\SC(=S)N(CCCCCC(=O)Nc3ccccc3)C2=O)cc1.